The third-order valence-electron chi connectivity index (χ3n) is 3.88. The molecule has 1 amide bonds. The number of anilines is 1. The van der Waals surface area contributed by atoms with E-state index >= 15 is 0 Å². The SMILES string of the molecule is CN(Cc1ccccc1)C(=O)CCN(c1cccc(C#N)c1)S(C)(=O)=O. The van der Waals surface area contributed by atoms with Gasteiger partial charge in [0.05, 0.1) is 23.6 Å². The fourth-order valence-corrected chi connectivity index (χ4v) is 3.47. The Labute approximate surface area is 154 Å². The monoisotopic (exact) mass is 371 g/mol. The van der Waals surface area contributed by atoms with Gasteiger partial charge in [-0.25, -0.2) is 8.42 Å². The number of sulfonamides is 1. The van der Waals surface area contributed by atoms with Crippen LogP contribution in [0.3, 0.4) is 0 Å². The lowest BCUT2D eigenvalue weighted by molar-refractivity contribution is -0.130. The van der Waals surface area contributed by atoms with Crippen LogP contribution in [0, 0.1) is 11.3 Å². The van der Waals surface area contributed by atoms with E-state index in [2.05, 4.69) is 0 Å². The van der Waals surface area contributed by atoms with Crippen molar-refractivity contribution in [2.24, 2.45) is 0 Å². The van der Waals surface area contributed by atoms with Gasteiger partial charge >= 0.3 is 0 Å². The lowest BCUT2D eigenvalue weighted by atomic mass is 10.2. The van der Waals surface area contributed by atoms with Crippen LogP contribution < -0.4 is 4.31 Å². The summed E-state index contributed by atoms with van der Waals surface area (Å²) < 4.78 is 25.4. The van der Waals surface area contributed by atoms with Crippen LogP contribution in [-0.2, 0) is 21.4 Å². The zero-order valence-electron chi connectivity index (χ0n) is 14.8. The summed E-state index contributed by atoms with van der Waals surface area (Å²) in [5, 5.41) is 9.00. The minimum absolute atomic E-state index is 0.0195. The Hall–Kier alpha value is -2.85. The Kier molecular flexibility index (Phi) is 6.36. The number of carbonyl (C=O) groups excluding carboxylic acids is 1. The summed E-state index contributed by atoms with van der Waals surface area (Å²) in [6, 6.07) is 17.9. The van der Waals surface area contributed by atoms with Crippen molar-refractivity contribution < 1.29 is 13.2 Å². The van der Waals surface area contributed by atoms with Gasteiger partial charge in [0.2, 0.25) is 15.9 Å². The molecular weight excluding hydrogens is 350 g/mol. The first-order valence-corrected chi connectivity index (χ1v) is 9.92. The molecule has 0 unspecified atom stereocenters. The molecule has 6 nitrogen and oxygen atoms in total. The summed E-state index contributed by atoms with van der Waals surface area (Å²) in [5.41, 5.74) is 1.75. The minimum atomic E-state index is -3.57. The van der Waals surface area contributed by atoms with E-state index in [0.717, 1.165) is 16.1 Å². The van der Waals surface area contributed by atoms with E-state index in [1.54, 1.807) is 30.1 Å². The van der Waals surface area contributed by atoms with Crippen LogP contribution >= 0.6 is 0 Å². The average Bonchev–Trinajstić information content (AvgIpc) is 2.61. The summed E-state index contributed by atoms with van der Waals surface area (Å²) in [4.78, 5) is 14.0. The van der Waals surface area contributed by atoms with E-state index in [1.165, 1.54) is 6.07 Å². The molecule has 2 rings (SSSR count). The fourth-order valence-electron chi connectivity index (χ4n) is 2.55. The standard InChI is InChI=1S/C19H21N3O3S/c1-21(15-16-7-4-3-5-8-16)19(23)11-12-22(26(2,24)25)18-10-6-9-17(13-18)14-20/h3-10,13H,11-12,15H2,1-2H3. The minimum Gasteiger partial charge on any atom is -0.341 e. The zero-order valence-corrected chi connectivity index (χ0v) is 15.6. The third kappa shape index (κ3) is 5.33. The van der Waals surface area contributed by atoms with Gasteiger partial charge < -0.3 is 4.90 Å². The number of nitriles is 1. The number of nitrogens with zero attached hydrogens (tertiary/aromatic N) is 3. The number of hydrogen-bond acceptors (Lipinski definition) is 4. The van der Waals surface area contributed by atoms with E-state index in [4.69, 9.17) is 5.26 Å². The molecule has 0 bridgehead atoms. The number of hydrogen-bond donors (Lipinski definition) is 0. The molecule has 0 aliphatic rings. The Morgan fingerprint density at radius 2 is 1.81 bits per heavy atom. The summed E-state index contributed by atoms with van der Waals surface area (Å²) in [5.74, 6) is -0.154. The molecular formula is C19H21N3O3S. The van der Waals surface area contributed by atoms with Gasteiger partial charge in [-0.2, -0.15) is 5.26 Å². The fraction of sp³-hybridized carbons (Fsp3) is 0.263. The van der Waals surface area contributed by atoms with Gasteiger partial charge in [-0.1, -0.05) is 36.4 Å². The zero-order chi connectivity index (χ0) is 19.2. The maximum Gasteiger partial charge on any atom is 0.232 e. The van der Waals surface area contributed by atoms with Crippen molar-refractivity contribution in [2.45, 2.75) is 13.0 Å². The van der Waals surface area contributed by atoms with E-state index in [9.17, 15) is 13.2 Å². The van der Waals surface area contributed by atoms with Crippen molar-refractivity contribution >= 4 is 21.6 Å². The highest BCUT2D eigenvalue weighted by Crippen LogP contribution is 2.19. The predicted molar refractivity (Wildman–Crippen MR) is 101 cm³/mol. The number of amides is 1. The molecule has 136 valence electrons. The van der Waals surface area contributed by atoms with Gasteiger partial charge in [0.15, 0.2) is 0 Å². The largest absolute Gasteiger partial charge is 0.341 e. The highest BCUT2D eigenvalue weighted by molar-refractivity contribution is 7.92. The van der Waals surface area contributed by atoms with Gasteiger partial charge in [0.1, 0.15) is 0 Å². The molecule has 0 fully saturated rings. The first-order valence-electron chi connectivity index (χ1n) is 8.07. The maximum absolute atomic E-state index is 12.4. The van der Waals surface area contributed by atoms with Crippen molar-refractivity contribution in [3.63, 3.8) is 0 Å². The molecule has 7 heteroatoms. The van der Waals surface area contributed by atoms with Gasteiger partial charge in [0, 0.05) is 26.6 Å². The highest BCUT2D eigenvalue weighted by atomic mass is 32.2. The normalized spacial score (nSPS) is 10.8. The Morgan fingerprint density at radius 3 is 2.42 bits per heavy atom. The second-order valence-corrected chi connectivity index (χ2v) is 7.89. The molecule has 2 aromatic carbocycles. The molecule has 2 aromatic rings. The predicted octanol–water partition coefficient (Wildman–Crippen LogP) is 2.37. The van der Waals surface area contributed by atoms with Gasteiger partial charge in [-0.15, -0.1) is 0 Å². The first kappa shape index (κ1) is 19.5. The molecule has 0 aliphatic carbocycles. The van der Waals surface area contributed by atoms with Crippen LogP contribution in [0.4, 0.5) is 5.69 Å². The number of rotatable bonds is 7. The molecule has 0 atom stereocenters. The van der Waals surface area contributed by atoms with E-state index in [0.29, 0.717) is 17.8 Å². The summed E-state index contributed by atoms with van der Waals surface area (Å²) in [7, 11) is -1.88. The van der Waals surface area contributed by atoms with E-state index in [1.807, 2.05) is 36.4 Å². The highest BCUT2D eigenvalue weighted by Gasteiger charge is 2.20. The molecule has 0 aromatic heterocycles. The Bertz CT molecular complexity index is 905. The molecule has 26 heavy (non-hydrogen) atoms. The van der Waals surface area contributed by atoms with Crippen LogP contribution in [0.2, 0.25) is 0 Å². The molecule has 0 heterocycles. The molecule has 0 saturated carbocycles. The molecule has 0 aliphatic heterocycles. The topological polar surface area (TPSA) is 81.5 Å². The third-order valence-corrected chi connectivity index (χ3v) is 5.07. The quantitative estimate of drug-likeness (QED) is 0.748. The Balaban J connectivity index is 2.07. The number of benzene rings is 2. The lowest BCUT2D eigenvalue weighted by Gasteiger charge is -2.24. The molecule has 0 radical (unpaired) electrons. The number of carbonyl (C=O) groups is 1. The summed E-state index contributed by atoms with van der Waals surface area (Å²) >= 11 is 0. The van der Waals surface area contributed by atoms with Crippen LogP contribution in [0.1, 0.15) is 17.5 Å². The van der Waals surface area contributed by atoms with Crippen molar-refractivity contribution in [1.29, 1.82) is 5.26 Å². The van der Waals surface area contributed by atoms with Gasteiger partial charge in [-0.05, 0) is 23.8 Å². The van der Waals surface area contributed by atoms with Crippen molar-refractivity contribution in [3.8, 4) is 6.07 Å². The molecule has 0 saturated heterocycles. The smallest absolute Gasteiger partial charge is 0.232 e. The lowest BCUT2D eigenvalue weighted by Crippen LogP contribution is -2.35. The molecule has 0 spiro atoms. The second-order valence-electron chi connectivity index (χ2n) is 5.98. The van der Waals surface area contributed by atoms with E-state index in [-0.39, 0.29) is 18.9 Å². The first-order chi connectivity index (χ1) is 12.3. The summed E-state index contributed by atoms with van der Waals surface area (Å²) in [6.45, 7) is 0.480. The van der Waals surface area contributed by atoms with Gasteiger partial charge in [0.25, 0.3) is 0 Å². The van der Waals surface area contributed by atoms with E-state index < -0.39 is 10.0 Å². The van der Waals surface area contributed by atoms with Crippen LogP contribution in [0.5, 0.6) is 0 Å². The van der Waals surface area contributed by atoms with Crippen molar-refractivity contribution in [3.05, 3.63) is 65.7 Å². The Morgan fingerprint density at radius 1 is 1.12 bits per heavy atom. The van der Waals surface area contributed by atoms with Crippen LogP contribution in [-0.4, -0.2) is 39.1 Å². The van der Waals surface area contributed by atoms with Crippen molar-refractivity contribution in [1.82, 2.24) is 4.90 Å². The maximum atomic E-state index is 12.4. The average molecular weight is 371 g/mol. The van der Waals surface area contributed by atoms with Crippen LogP contribution in [0.25, 0.3) is 0 Å². The molecule has 0 N–H and O–H groups in total. The summed E-state index contributed by atoms with van der Waals surface area (Å²) in [6.07, 6.45) is 1.14. The van der Waals surface area contributed by atoms with Crippen molar-refractivity contribution in [2.75, 3.05) is 24.2 Å². The second kappa shape index (κ2) is 8.50. The van der Waals surface area contributed by atoms with Crippen LogP contribution in [0.15, 0.2) is 54.6 Å². The van der Waals surface area contributed by atoms with Gasteiger partial charge in [-0.3, -0.25) is 9.10 Å².